The number of methoxy groups -OCH3 is 2. The Balaban J connectivity index is 1.79. The summed E-state index contributed by atoms with van der Waals surface area (Å²) in [5.74, 6) is 1.18. The summed E-state index contributed by atoms with van der Waals surface area (Å²) in [4.78, 5) is 0.296. The fourth-order valence-corrected chi connectivity index (χ4v) is 5.79. The maximum absolute atomic E-state index is 13.6. The van der Waals surface area contributed by atoms with Crippen LogP contribution in [0.25, 0.3) is 0 Å². The lowest BCUT2D eigenvalue weighted by atomic mass is 10.0. The first kappa shape index (κ1) is 20.4. The molecule has 3 aromatic carbocycles. The van der Waals surface area contributed by atoms with Gasteiger partial charge in [-0.05, 0) is 36.2 Å². The third-order valence-corrected chi connectivity index (χ3v) is 7.65. The van der Waals surface area contributed by atoms with Crippen molar-refractivity contribution in [3.63, 3.8) is 0 Å². The van der Waals surface area contributed by atoms with Crippen molar-refractivity contribution in [2.45, 2.75) is 28.8 Å². The van der Waals surface area contributed by atoms with Crippen LogP contribution in [0.1, 0.15) is 29.8 Å². The fourth-order valence-electron chi connectivity index (χ4n) is 3.94. The highest BCUT2D eigenvalue weighted by molar-refractivity contribution is 7.92. The normalized spacial score (nSPS) is 21.3. The molecule has 0 saturated carbocycles. The van der Waals surface area contributed by atoms with Gasteiger partial charge in [-0.3, -0.25) is 0 Å². The van der Waals surface area contributed by atoms with E-state index in [9.17, 15) is 8.42 Å². The van der Waals surface area contributed by atoms with E-state index in [-0.39, 0.29) is 6.10 Å². The molecule has 1 aliphatic heterocycles. The summed E-state index contributed by atoms with van der Waals surface area (Å²) in [5, 5.41) is -0.743. The molecule has 0 amide bonds. The highest BCUT2D eigenvalue weighted by atomic mass is 32.2. The van der Waals surface area contributed by atoms with E-state index in [1.807, 2.05) is 36.4 Å². The lowest BCUT2D eigenvalue weighted by Crippen LogP contribution is -2.25. The zero-order chi connectivity index (χ0) is 21.1. The molecule has 1 fully saturated rings. The van der Waals surface area contributed by atoms with Crippen LogP contribution in [0.2, 0.25) is 0 Å². The average Bonchev–Trinajstić information content (AvgIpc) is 3.26. The van der Waals surface area contributed by atoms with Gasteiger partial charge in [-0.15, -0.1) is 0 Å². The van der Waals surface area contributed by atoms with Gasteiger partial charge in [-0.25, -0.2) is 8.42 Å². The number of rotatable bonds is 6. The standard InChI is InChI=1S/C24H24O5S/c1-27-18-13-14-20(22(15-18)28-2)24-23(30(25,26)19-11-7-4-8-12-19)16-21(29-24)17-9-5-3-6-10-17/h3-15,21,23-24H,16H2,1-2H3/t21-,23-,24+/m1/s1. The molecule has 0 aromatic heterocycles. The topological polar surface area (TPSA) is 61.8 Å². The minimum atomic E-state index is -3.63. The average molecular weight is 425 g/mol. The van der Waals surface area contributed by atoms with Crippen LogP contribution in [0.15, 0.2) is 83.8 Å². The summed E-state index contributed by atoms with van der Waals surface area (Å²) in [6, 6.07) is 23.6. The Labute approximate surface area is 177 Å². The number of sulfone groups is 1. The monoisotopic (exact) mass is 424 g/mol. The van der Waals surface area contributed by atoms with Crippen LogP contribution < -0.4 is 9.47 Å². The lowest BCUT2D eigenvalue weighted by molar-refractivity contribution is 0.0433. The van der Waals surface area contributed by atoms with Gasteiger partial charge in [0, 0.05) is 11.6 Å². The summed E-state index contributed by atoms with van der Waals surface area (Å²) in [7, 11) is -0.493. The molecule has 156 valence electrons. The van der Waals surface area contributed by atoms with Gasteiger partial charge in [0.25, 0.3) is 0 Å². The molecule has 3 aromatic rings. The van der Waals surface area contributed by atoms with Crippen molar-refractivity contribution in [3.05, 3.63) is 90.0 Å². The van der Waals surface area contributed by atoms with Gasteiger partial charge in [-0.1, -0.05) is 48.5 Å². The van der Waals surface area contributed by atoms with Crippen molar-refractivity contribution < 1.29 is 22.6 Å². The van der Waals surface area contributed by atoms with Gasteiger partial charge >= 0.3 is 0 Å². The largest absolute Gasteiger partial charge is 0.497 e. The van der Waals surface area contributed by atoms with E-state index in [4.69, 9.17) is 14.2 Å². The van der Waals surface area contributed by atoms with Gasteiger partial charge in [-0.2, -0.15) is 0 Å². The number of ether oxygens (including phenoxy) is 3. The van der Waals surface area contributed by atoms with E-state index in [2.05, 4.69) is 0 Å². The second kappa shape index (κ2) is 8.50. The van der Waals surface area contributed by atoms with Crippen LogP contribution in [-0.4, -0.2) is 27.9 Å². The third kappa shape index (κ3) is 3.80. The molecule has 0 spiro atoms. The molecule has 3 atom stereocenters. The molecular formula is C24H24O5S. The zero-order valence-corrected chi connectivity index (χ0v) is 17.7. The first-order valence-electron chi connectivity index (χ1n) is 9.76. The first-order valence-corrected chi connectivity index (χ1v) is 11.3. The molecule has 4 rings (SSSR count). The van der Waals surface area contributed by atoms with E-state index < -0.39 is 21.2 Å². The Kier molecular flexibility index (Phi) is 5.79. The number of benzene rings is 3. The van der Waals surface area contributed by atoms with Crippen molar-refractivity contribution in [2.24, 2.45) is 0 Å². The predicted octanol–water partition coefficient (Wildman–Crippen LogP) is 4.75. The quantitative estimate of drug-likeness (QED) is 0.572. The van der Waals surface area contributed by atoms with Crippen LogP contribution >= 0.6 is 0 Å². The SMILES string of the molecule is COc1ccc([C@@H]2O[C@@H](c3ccccc3)C[C@H]2S(=O)(=O)c2ccccc2)c(OC)c1. The molecule has 0 unspecified atom stereocenters. The molecule has 1 aliphatic rings. The van der Waals surface area contributed by atoms with Crippen molar-refractivity contribution >= 4 is 9.84 Å². The van der Waals surface area contributed by atoms with Crippen LogP contribution in [0, 0.1) is 0 Å². The first-order chi connectivity index (χ1) is 14.5. The van der Waals surface area contributed by atoms with E-state index in [0.29, 0.717) is 28.4 Å². The maximum atomic E-state index is 13.6. The molecule has 1 heterocycles. The van der Waals surface area contributed by atoms with Crippen LogP contribution in [-0.2, 0) is 14.6 Å². The number of hydrogen-bond acceptors (Lipinski definition) is 5. The van der Waals surface area contributed by atoms with Crippen molar-refractivity contribution in [1.29, 1.82) is 0 Å². The highest BCUT2D eigenvalue weighted by Crippen LogP contribution is 2.48. The van der Waals surface area contributed by atoms with Crippen LogP contribution in [0.5, 0.6) is 11.5 Å². The summed E-state index contributed by atoms with van der Waals surface area (Å²) >= 11 is 0. The van der Waals surface area contributed by atoms with Crippen LogP contribution in [0.3, 0.4) is 0 Å². The van der Waals surface area contributed by atoms with Gasteiger partial charge in [0.1, 0.15) is 17.6 Å². The molecule has 30 heavy (non-hydrogen) atoms. The zero-order valence-electron chi connectivity index (χ0n) is 16.9. The Bertz CT molecular complexity index is 1100. The van der Waals surface area contributed by atoms with E-state index in [1.54, 1.807) is 56.7 Å². The van der Waals surface area contributed by atoms with Crippen LogP contribution in [0.4, 0.5) is 0 Å². The lowest BCUT2D eigenvalue weighted by Gasteiger charge is -2.22. The summed E-state index contributed by atoms with van der Waals surface area (Å²) in [6.45, 7) is 0. The second-order valence-electron chi connectivity index (χ2n) is 7.20. The molecule has 0 bridgehead atoms. The smallest absolute Gasteiger partial charge is 0.184 e. The molecule has 5 nitrogen and oxygen atoms in total. The van der Waals surface area contributed by atoms with E-state index in [0.717, 1.165) is 5.56 Å². The Hall–Kier alpha value is -2.83. The molecule has 0 radical (unpaired) electrons. The van der Waals surface area contributed by atoms with Crippen molar-refractivity contribution in [3.8, 4) is 11.5 Å². The Morgan fingerprint density at radius 1 is 0.867 bits per heavy atom. The van der Waals surface area contributed by atoms with Gasteiger partial charge in [0.05, 0.1) is 30.5 Å². The van der Waals surface area contributed by atoms with Gasteiger partial charge in [0.15, 0.2) is 9.84 Å². The third-order valence-electron chi connectivity index (χ3n) is 5.48. The van der Waals surface area contributed by atoms with Crippen molar-refractivity contribution in [2.75, 3.05) is 14.2 Å². The number of hydrogen-bond donors (Lipinski definition) is 0. The minimum absolute atomic E-state index is 0.296. The molecule has 1 saturated heterocycles. The molecule has 0 aliphatic carbocycles. The predicted molar refractivity (Wildman–Crippen MR) is 115 cm³/mol. The Morgan fingerprint density at radius 3 is 2.17 bits per heavy atom. The van der Waals surface area contributed by atoms with Gasteiger partial charge in [0.2, 0.25) is 0 Å². The molecule has 6 heteroatoms. The molecule has 0 N–H and O–H groups in total. The Morgan fingerprint density at radius 2 is 1.53 bits per heavy atom. The van der Waals surface area contributed by atoms with E-state index in [1.165, 1.54) is 0 Å². The summed E-state index contributed by atoms with van der Waals surface area (Å²) in [5.41, 5.74) is 1.65. The second-order valence-corrected chi connectivity index (χ2v) is 9.36. The maximum Gasteiger partial charge on any atom is 0.184 e. The van der Waals surface area contributed by atoms with Gasteiger partial charge < -0.3 is 14.2 Å². The summed E-state index contributed by atoms with van der Waals surface area (Å²) < 4.78 is 44.4. The minimum Gasteiger partial charge on any atom is -0.497 e. The van der Waals surface area contributed by atoms with E-state index >= 15 is 0 Å². The highest BCUT2D eigenvalue weighted by Gasteiger charge is 2.46. The van der Waals surface area contributed by atoms with Crippen molar-refractivity contribution in [1.82, 2.24) is 0 Å². The molecular weight excluding hydrogens is 400 g/mol. The fraction of sp³-hybridized carbons (Fsp3) is 0.250. The summed E-state index contributed by atoms with van der Waals surface area (Å²) in [6.07, 6.45) is -0.631.